The fraction of sp³-hybridized carbons (Fsp3) is 0.462. The zero-order valence-electron chi connectivity index (χ0n) is 11.1. The van der Waals surface area contributed by atoms with E-state index in [1.165, 1.54) is 17.8 Å². The van der Waals surface area contributed by atoms with Gasteiger partial charge in [0.15, 0.2) is 5.13 Å². The van der Waals surface area contributed by atoms with Crippen LogP contribution >= 0.6 is 11.3 Å². The quantitative estimate of drug-likeness (QED) is 0.845. The molecule has 1 aliphatic rings. The number of hydrogen-bond acceptors (Lipinski definition) is 4. The highest BCUT2D eigenvalue weighted by Gasteiger charge is 2.21. The molecule has 1 amide bonds. The van der Waals surface area contributed by atoms with Crippen molar-refractivity contribution in [3.63, 3.8) is 0 Å². The molecule has 0 N–H and O–H groups in total. The van der Waals surface area contributed by atoms with E-state index < -0.39 is 0 Å². The third kappa shape index (κ3) is 2.28. The maximum atomic E-state index is 12.4. The first-order valence-corrected chi connectivity index (χ1v) is 7.29. The Morgan fingerprint density at radius 2 is 2.26 bits per heavy atom. The van der Waals surface area contributed by atoms with Gasteiger partial charge < -0.3 is 4.57 Å². The molecule has 0 saturated carbocycles. The van der Waals surface area contributed by atoms with Gasteiger partial charge >= 0.3 is 0 Å². The number of rotatable bonds is 2. The number of aryl methyl sites for hydroxylation is 3. The van der Waals surface area contributed by atoms with Gasteiger partial charge in [0.05, 0.1) is 5.69 Å². The SMILES string of the molecule is Cc1csc(N(C)C(=O)c2cn3c(n2)CCCC3)n1. The lowest BCUT2D eigenvalue weighted by Gasteiger charge is -2.11. The molecule has 19 heavy (non-hydrogen) atoms. The summed E-state index contributed by atoms with van der Waals surface area (Å²) in [7, 11) is 1.75. The fourth-order valence-corrected chi connectivity index (χ4v) is 3.04. The van der Waals surface area contributed by atoms with Crippen LogP contribution < -0.4 is 4.90 Å². The molecular formula is C13H16N4OS. The molecule has 0 aromatic carbocycles. The lowest BCUT2D eigenvalue weighted by atomic mass is 10.2. The number of hydrogen-bond donors (Lipinski definition) is 0. The molecule has 0 saturated heterocycles. The number of anilines is 1. The molecule has 0 radical (unpaired) electrons. The van der Waals surface area contributed by atoms with E-state index in [1.54, 1.807) is 11.9 Å². The standard InChI is InChI=1S/C13H16N4OS/c1-9-8-19-13(14-9)16(2)12(18)10-7-17-6-4-3-5-11(17)15-10/h7-8H,3-6H2,1-2H3. The van der Waals surface area contributed by atoms with Crippen molar-refractivity contribution < 1.29 is 4.79 Å². The molecule has 0 spiro atoms. The van der Waals surface area contributed by atoms with Gasteiger partial charge in [0, 0.05) is 31.6 Å². The summed E-state index contributed by atoms with van der Waals surface area (Å²) in [5.41, 5.74) is 1.45. The Balaban J connectivity index is 1.85. The van der Waals surface area contributed by atoms with Crippen LogP contribution in [0.3, 0.4) is 0 Å². The lowest BCUT2D eigenvalue weighted by molar-refractivity contribution is 0.0988. The average molecular weight is 276 g/mol. The summed E-state index contributed by atoms with van der Waals surface area (Å²) in [4.78, 5) is 22.7. The average Bonchev–Trinajstić information content (AvgIpc) is 3.02. The zero-order chi connectivity index (χ0) is 13.4. The molecule has 2 aromatic heterocycles. The molecule has 0 bridgehead atoms. The van der Waals surface area contributed by atoms with Gasteiger partial charge in [-0.25, -0.2) is 9.97 Å². The molecule has 0 unspecified atom stereocenters. The van der Waals surface area contributed by atoms with E-state index in [-0.39, 0.29) is 5.91 Å². The third-order valence-electron chi connectivity index (χ3n) is 3.33. The summed E-state index contributed by atoms with van der Waals surface area (Å²) in [5, 5.41) is 2.66. The Hall–Kier alpha value is -1.69. The van der Waals surface area contributed by atoms with E-state index in [2.05, 4.69) is 14.5 Å². The first-order valence-electron chi connectivity index (χ1n) is 6.41. The highest BCUT2D eigenvalue weighted by molar-refractivity contribution is 7.14. The van der Waals surface area contributed by atoms with Crippen LogP contribution in [0.1, 0.15) is 34.8 Å². The minimum atomic E-state index is -0.0868. The summed E-state index contributed by atoms with van der Waals surface area (Å²) >= 11 is 1.47. The second-order valence-electron chi connectivity index (χ2n) is 4.83. The molecule has 5 nitrogen and oxygen atoms in total. The van der Waals surface area contributed by atoms with Gasteiger partial charge in [0.25, 0.3) is 5.91 Å². The van der Waals surface area contributed by atoms with Crippen molar-refractivity contribution in [2.75, 3.05) is 11.9 Å². The van der Waals surface area contributed by atoms with Crippen molar-refractivity contribution in [3.05, 3.63) is 28.8 Å². The van der Waals surface area contributed by atoms with Crippen molar-refractivity contribution in [2.45, 2.75) is 32.7 Å². The molecule has 0 fully saturated rings. The van der Waals surface area contributed by atoms with Crippen LogP contribution in [-0.2, 0) is 13.0 Å². The van der Waals surface area contributed by atoms with Gasteiger partial charge in [-0.1, -0.05) is 0 Å². The van der Waals surface area contributed by atoms with E-state index in [0.717, 1.165) is 30.9 Å². The highest BCUT2D eigenvalue weighted by Crippen LogP contribution is 2.21. The molecule has 1 aliphatic heterocycles. The van der Waals surface area contributed by atoms with E-state index >= 15 is 0 Å². The van der Waals surface area contributed by atoms with E-state index in [4.69, 9.17) is 0 Å². The summed E-state index contributed by atoms with van der Waals surface area (Å²) in [5.74, 6) is 0.939. The minimum absolute atomic E-state index is 0.0868. The van der Waals surface area contributed by atoms with E-state index in [0.29, 0.717) is 10.8 Å². The van der Waals surface area contributed by atoms with Crippen LogP contribution in [0.2, 0.25) is 0 Å². The van der Waals surface area contributed by atoms with Crippen molar-refractivity contribution in [2.24, 2.45) is 0 Å². The number of carbonyl (C=O) groups excluding carboxylic acids is 1. The number of thiazole rings is 1. The minimum Gasteiger partial charge on any atom is -0.334 e. The number of fused-ring (bicyclic) bond motifs is 1. The first-order chi connectivity index (χ1) is 9.15. The monoisotopic (exact) mass is 276 g/mol. The smallest absolute Gasteiger partial charge is 0.279 e. The van der Waals surface area contributed by atoms with Gasteiger partial charge in [0.2, 0.25) is 0 Å². The predicted molar refractivity (Wildman–Crippen MR) is 74.7 cm³/mol. The predicted octanol–water partition coefficient (Wildman–Crippen LogP) is 2.26. The van der Waals surface area contributed by atoms with Crippen LogP contribution in [0.25, 0.3) is 0 Å². The van der Waals surface area contributed by atoms with Crippen molar-refractivity contribution in [3.8, 4) is 0 Å². The van der Waals surface area contributed by atoms with Crippen molar-refractivity contribution in [1.82, 2.24) is 14.5 Å². The lowest BCUT2D eigenvalue weighted by Crippen LogP contribution is -2.26. The molecule has 2 aromatic rings. The largest absolute Gasteiger partial charge is 0.334 e. The Bertz CT molecular complexity index is 592. The topological polar surface area (TPSA) is 51.0 Å². The Morgan fingerprint density at radius 1 is 1.42 bits per heavy atom. The summed E-state index contributed by atoms with van der Waals surface area (Å²) in [6, 6.07) is 0. The zero-order valence-corrected chi connectivity index (χ0v) is 11.9. The molecule has 3 heterocycles. The number of nitrogens with zero attached hydrogens (tertiary/aromatic N) is 4. The fourth-order valence-electron chi connectivity index (χ4n) is 2.27. The van der Waals surface area contributed by atoms with Gasteiger partial charge in [-0.3, -0.25) is 9.69 Å². The van der Waals surface area contributed by atoms with E-state index in [9.17, 15) is 4.79 Å². The van der Waals surface area contributed by atoms with Gasteiger partial charge in [-0.05, 0) is 19.8 Å². The number of carbonyl (C=O) groups is 1. The number of imidazole rings is 1. The Kier molecular flexibility index (Phi) is 3.10. The summed E-state index contributed by atoms with van der Waals surface area (Å²) < 4.78 is 2.09. The van der Waals surface area contributed by atoms with Crippen LogP contribution in [0.5, 0.6) is 0 Å². The molecule has 3 rings (SSSR count). The van der Waals surface area contributed by atoms with Gasteiger partial charge in [0.1, 0.15) is 11.5 Å². The number of amides is 1. The van der Waals surface area contributed by atoms with Crippen LogP contribution in [0.4, 0.5) is 5.13 Å². The third-order valence-corrected chi connectivity index (χ3v) is 4.36. The number of aromatic nitrogens is 3. The first kappa shape index (κ1) is 12.3. The second-order valence-corrected chi connectivity index (χ2v) is 5.67. The Morgan fingerprint density at radius 3 is 2.95 bits per heavy atom. The molecule has 6 heteroatoms. The van der Waals surface area contributed by atoms with Crippen molar-refractivity contribution in [1.29, 1.82) is 0 Å². The van der Waals surface area contributed by atoms with Crippen LogP contribution in [-0.4, -0.2) is 27.5 Å². The maximum absolute atomic E-state index is 12.4. The van der Waals surface area contributed by atoms with E-state index in [1.807, 2.05) is 18.5 Å². The van der Waals surface area contributed by atoms with Crippen LogP contribution in [0.15, 0.2) is 11.6 Å². The summed E-state index contributed by atoms with van der Waals surface area (Å²) in [6.45, 7) is 2.89. The van der Waals surface area contributed by atoms with Crippen LogP contribution in [0, 0.1) is 6.92 Å². The second kappa shape index (κ2) is 4.77. The summed E-state index contributed by atoms with van der Waals surface area (Å²) in [6.07, 6.45) is 5.16. The molecule has 100 valence electrons. The van der Waals surface area contributed by atoms with Crippen molar-refractivity contribution >= 4 is 22.4 Å². The molecule has 0 aliphatic carbocycles. The van der Waals surface area contributed by atoms with Gasteiger partial charge in [-0.15, -0.1) is 11.3 Å². The highest BCUT2D eigenvalue weighted by atomic mass is 32.1. The normalized spacial score (nSPS) is 14.2. The maximum Gasteiger partial charge on any atom is 0.279 e. The molecule has 0 atom stereocenters. The Labute approximate surface area is 115 Å². The molecular weight excluding hydrogens is 260 g/mol. The van der Waals surface area contributed by atoms with Gasteiger partial charge in [-0.2, -0.15) is 0 Å².